The van der Waals surface area contributed by atoms with Crippen molar-refractivity contribution >= 4 is 17.8 Å². The van der Waals surface area contributed by atoms with Gasteiger partial charge in [0, 0.05) is 45.3 Å². The van der Waals surface area contributed by atoms with Crippen LogP contribution in [0.15, 0.2) is 18.3 Å². The largest absolute Gasteiger partial charge is 0.481 e. The third kappa shape index (κ3) is 4.31. The van der Waals surface area contributed by atoms with Crippen LogP contribution in [0.4, 0.5) is 15.0 Å². The molecule has 0 aromatic carbocycles. The fourth-order valence-corrected chi connectivity index (χ4v) is 2.28. The van der Waals surface area contributed by atoms with Crippen molar-refractivity contribution in [2.24, 2.45) is 0 Å². The number of carbonyl (C=O) groups excluding carboxylic acids is 1. The first kappa shape index (κ1) is 16.0. The predicted molar refractivity (Wildman–Crippen MR) is 78.2 cm³/mol. The highest BCUT2D eigenvalue weighted by Gasteiger charge is 2.23. The molecule has 0 bridgehead atoms. The Morgan fingerprint density at radius 2 is 2.05 bits per heavy atom. The fraction of sp³-hybridized carbons (Fsp3) is 0.500. The number of nitrogens with zero attached hydrogens (tertiary/aromatic N) is 3. The van der Waals surface area contributed by atoms with Gasteiger partial charge < -0.3 is 20.2 Å². The Balaban J connectivity index is 1.76. The number of halogens is 1. The monoisotopic (exact) mass is 310 g/mol. The smallest absolute Gasteiger partial charge is 0.317 e. The number of rotatable bonds is 5. The summed E-state index contributed by atoms with van der Waals surface area (Å²) in [6.07, 6.45) is 1.98. The Morgan fingerprint density at radius 1 is 1.32 bits per heavy atom. The van der Waals surface area contributed by atoms with E-state index in [2.05, 4.69) is 10.3 Å². The molecule has 0 unspecified atom stereocenters. The van der Waals surface area contributed by atoms with Crippen LogP contribution in [0, 0.1) is 5.82 Å². The van der Waals surface area contributed by atoms with Crippen molar-refractivity contribution in [1.82, 2.24) is 15.2 Å². The topological polar surface area (TPSA) is 85.8 Å². The summed E-state index contributed by atoms with van der Waals surface area (Å²) in [6.45, 7) is 2.30. The van der Waals surface area contributed by atoms with Gasteiger partial charge >= 0.3 is 12.0 Å². The molecule has 0 saturated carbocycles. The summed E-state index contributed by atoms with van der Waals surface area (Å²) >= 11 is 0. The highest BCUT2D eigenvalue weighted by Crippen LogP contribution is 2.17. The van der Waals surface area contributed by atoms with Crippen LogP contribution in [-0.2, 0) is 4.79 Å². The van der Waals surface area contributed by atoms with Gasteiger partial charge in [0.1, 0.15) is 0 Å². The second-order valence-electron chi connectivity index (χ2n) is 5.01. The molecule has 1 aromatic rings. The Bertz CT molecular complexity index is 533. The summed E-state index contributed by atoms with van der Waals surface area (Å²) in [5, 5.41) is 11.2. The van der Waals surface area contributed by atoms with Crippen LogP contribution in [0.3, 0.4) is 0 Å². The van der Waals surface area contributed by atoms with Crippen molar-refractivity contribution in [1.29, 1.82) is 0 Å². The minimum absolute atomic E-state index is 0.0347. The molecule has 1 fully saturated rings. The van der Waals surface area contributed by atoms with Crippen LogP contribution in [0.1, 0.15) is 12.8 Å². The van der Waals surface area contributed by atoms with Crippen molar-refractivity contribution in [2.75, 3.05) is 37.6 Å². The molecule has 1 aliphatic heterocycles. The maximum Gasteiger partial charge on any atom is 0.317 e. The van der Waals surface area contributed by atoms with E-state index in [9.17, 15) is 14.0 Å². The lowest BCUT2D eigenvalue weighted by atomic mass is 10.3. The van der Waals surface area contributed by atoms with Gasteiger partial charge in [-0.2, -0.15) is 0 Å². The molecule has 2 heterocycles. The maximum atomic E-state index is 13.7. The van der Waals surface area contributed by atoms with E-state index in [0.717, 1.165) is 0 Å². The number of nitrogens with one attached hydrogen (secondary N) is 1. The standard InChI is InChI=1S/C14H19FN4O3/c15-11-3-1-5-16-13(11)18-7-9-19(10-8-18)14(22)17-6-2-4-12(20)21/h1,3,5H,2,4,6-10H2,(H,17,22)(H,20,21). The lowest BCUT2D eigenvalue weighted by Gasteiger charge is -2.35. The zero-order valence-electron chi connectivity index (χ0n) is 12.2. The molecule has 7 nitrogen and oxygen atoms in total. The Labute approximate surface area is 127 Å². The van der Waals surface area contributed by atoms with Crippen LogP contribution < -0.4 is 10.2 Å². The van der Waals surface area contributed by atoms with E-state index < -0.39 is 5.97 Å². The molecule has 120 valence electrons. The number of aromatic nitrogens is 1. The molecular formula is C14H19FN4O3. The minimum Gasteiger partial charge on any atom is -0.481 e. The number of piperazine rings is 1. The predicted octanol–water partition coefficient (Wildman–Crippen LogP) is 0.917. The third-order valence-corrected chi connectivity index (χ3v) is 3.45. The minimum atomic E-state index is -0.875. The van der Waals surface area contributed by atoms with E-state index in [1.807, 2.05) is 4.90 Å². The van der Waals surface area contributed by atoms with Crippen molar-refractivity contribution in [3.8, 4) is 0 Å². The highest BCUT2D eigenvalue weighted by molar-refractivity contribution is 5.74. The Hall–Kier alpha value is -2.38. The molecule has 1 aliphatic rings. The molecule has 0 radical (unpaired) electrons. The van der Waals surface area contributed by atoms with Gasteiger partial charge in [0.05, 0.1) is 0 Å². The van der Waals surface area contributed by atoms with Crippen molar-refractivity contribution in [2.45, 2.75) is 12.8 Å². The van der Waals surface area contributed by atoms with Crippen LogP contribution in [-0.4, -0.2) is 59.7 Å². The highest BCUT2D eigenvalue weighted by atomic mass is 19.1. The van der Waals surface area contributed by atoms with Crippen LogP contribution in [0.2, 0.25) is 0 Å². The maximum absolute atomic E-state index is 13.7. The zero-order valence-corrected chi connectivity index (χ0v) is 12.2. The third-order valence-electron chi connectivity index (χ3n) is 3.45. The van der Waals surface area contributed by atoms with E-state index in [0.29, 0.717) is 45.0 Å². The number of carbonyl (C=O) groups is 2. The first-order chi connectivity index (χ1) is 10.6. The van der Waals surface area contributed by atoms with Crippen LogP contribution >= 0.6 is 0 Å². The average Bonchev–Trinajstić information content (AvgIpc) is 2.52. The van der Waals surface area contributed by atoms with Gasteiger partial charge in [-0.1, -0.05) is 0 Å². The fourth-order valence-electron chi connectivity index (χ4n) is 2.28. The summed E-state index contributed by atoms with van der Waals surface area (Å²) in [4.78, 5) is 29.8. The summed E-state index contributed by atoms with van der Waals surface area (Å²) < 4.78 is 13.7. The SMILES string of the molecule is O=C(O)CCCNC(=O)N1CCN(c2ncccc2F)CC1. The first-order valence-electron chi connectivity index (χ1n) is 7.18. The van der Waals surface area contributed by atoms with Gasteiger partial charge in [-0.05, 0) is 18.6 Å². The van der Waals surface area contributed by atoms with Crippen LogP contribution in [0.5, 0.6) is 0 Å². The molecule has 2 rings (SSSR count). The van der Waals surface area contributed by atoms with Crippen molar-refractivity contribution in [3.05, 3.63) is 24.1 Å². The van der Waals surface area contributed by atoms with Gasteiger partial charge in [-0.3, -0.25) is 4.79 Å². The van der Waals surface area contributed by atoms with Gasteiger partial charge in [-0.25, -0.2) is 14.2 Å². The second-order valence-corrected chi connectivity index (χ2v) is 5.01. The van der Waals surface area contributed by atoms with Gasteiger partial charge in [-0.15, -0.1) is 0 Å². The van der Waals surface area contributed by atoms with Gasteiger partial charge in [0.2, 0.25) is 0 Å². The van der Waals surface area contributed by atoms with Crippen LogP contribution in [0.25, 0.3) is 0 Å². The molecule has 0 atom stereocenters. The second kappa shape index (κ2) is 7.58. The number of carboxylic acids is 1. The number of anilines is 1. The van der Waals surface area contributed by atoms with Gasteiger partial charge in [0.25, 0.3) is 0 Å². The number of hydrogen-bond acceptors (Lipinski definition) is 4. The normalized spacial score (nSPS) is 14.8. The number of aliphatic carboxylic acids is 1. The lowest BCUT2D eigenvalue weighted by molar-refractivity contribution is -0.137. The Kier molecular flexibility index (Phi) is 5.51. The summed E-state index contributed by atoms with van der Waals surface area (Å²) in [5.74, 6) is -0.932. The van der Waals surface area contributed by atoms with E-state index >= 15 is 0 Å². The number of amides is 2. The molecular weight excluding hydrogens is 291 g/mol. The number of carboxylic acid groups (broad SMARTS) is 1. The first-order valence-corrected chi connectivity index (χ1v) is 7.18. The van der Waals surface area contributed by atoms with E-state index in [1.165, 1.54) is 6.07 Å². The summed E-state index contributed by atoms with van der Waals surface area (Å²) in [7, 11) is 0. The molecule has 0 spiro atoms. The average molecular weight is 310 g/mol. The molecule has 2 N–H and O–H groups in total. The summed E-state index contributed by atoms with van der Waals surface area (Å²) in [6, 6.07) is 2.69. The molecule has 1 saturated heterocycles. The number of hydrogen-bond donors (Lipinski definition) is 2. The quantitative estimate of drug-likeness (QED) is 0.790. The zero-order chi connectivity index (χ0) is 15.9. The van der Waals surface area contributed by atoms with E-state index in [4.69, 9.17) is 5.11 Å². The Morgan fingerprint density at radius 3 is 2.68 bits per heavy atom. The molecule has 22 heavy (non-hydrogen) atoms. The van der Waals surface area contributed by atoms with Gasteiger partial charge in [0.15, 0.2) is 11.6 Å². The molecule has 0 aliphatic carbocycles. The number of urea groups is 1. The van der Waals surface area contributed by atoms with E-state index in [1.54, 1.807) is 17.2 Å². The van der Waals surface area contributed by atoms with Crippen molar-refractivity contribution in [3.63, 3.8) is 0 Å². The van der Waals surface area contributed by atoms with Crippen molar-refractivity contribution < 1.29 is 19.1 Å². The van der Waals surface area contributed by atoms with E-state index in [-0.39, 0.29) is 18.3 Å². The molecule has 8 heteroatoms. The molecule has 1 aromatic heterocycles. The lowest BCUT2D eigenvalue weighted by Crippen LogP contribution is -2.52. The summed E-state index contributed by atoms with van der Waals surface area (Å²) in [5.41, 5.74) is 0. The number of pyridine rings is 1. The molecule has 2 amide bonds.